The molecule has 0 bridgehead atoms. The summed E-state index contributed by atoms with van der Waals surface area (Å²) in [5, 5.41) is 2.91. The molecule has 3 rings (SSSR count). The minimum Gasteiger partial charge on any atom is -0.497 e. The SMILES string of the molecule is CC[C@H](C(=O)NC(C)(C)C)N(Cc1ccc(F)cc1)C(=O)CN(c1ccccc1OC)S(=O)(=O)c1ccc(OC)cc1. The molecule has 0 aliphatic rings. The molecule has 2 amide bonds. The molecule has 11 heteroatoms. The van der Waals surface area contributed by atoms with E-state index >= 15 is 0 Å². The number of amides is 2. The topological polar surface area (TPSA) is 105 Å². The number of anilines is 1. The van der Waals surface area contributed by atoms with E-state index in [1.807, 2.05) is 20.8 Å². The fourth-order valence-electron chi connectivity index (χ4n) is 4.38. The van der Waals surface area contributed by atoms with Crippen LogP contribution in [-0.2, 0) is 26.2 Å². The summed E-state index contributed by atoms with van der Waals surface area (Å²) < 4.78 is 53.4. The van der Waals surface area contributed by atoms with Gasteiger partial charge >= 0.3 is 0 Å². The molecule has 1 atom stereocenters. The Morgan fingerprint density at radius 2 is 1.55 bits per heavy atom. The lowest BCUT2D eigenvalue weighted by Crippen LogP contribution is -2.55. The van der Waals surface area contributed by atoms with Crippen LogP contribution in [0.25, 0.3) is 0 Å². The lowest BCUT2D eigenvalue weighted by atomic mass is 10.1. The van der Waals surface area contributed by atoms with E-state index in [0.717, 1.165) is 4.31 Å². The van der Waals surface area contributed by atoms with Gasteiger partial charge in [0.1, 0.15) is 29.9 Å². The van der Waals surface area contributed by atoms with Gasteiger partial charge in [0.25, 0.3) is 10.0 Å². The Morgan fingerprint density at radius 3 is 2.10 bits per heavy atom. The first-order valence-electron chi connectivity index (χ1n) is 13.5. The molecule has 0 spiro atoms. The molecule has 42 heavy (non-hydrogen) atoms. The molecule has 0 unspecified atom stereocenters. The number of sulfonamides is 1. The minimum absolute atomic E-state index is 0.0441. The predicted molar refractivity (Wildman–Crippen MR) is 159 cm³/mol. The van der Waals surface area contributed by atoms with Gasteiger partial charge in [0.2, 0.25) is 11.8 Å². The van der Waals surface area contributed by atoms with Crippen molar-refractivity contribution in [1.82, 2.24) is 10.2 Å². The summed E-state index contributed by atoms with van der Waals surface area (Å²) in [7, 11) is -1.42. The van der Waals surface area contributed by atoms with E-state index in [-0.39, 0.29) is 35.2 Å². The highest BCUT2D eigenvalue weighted by Gasteiger charge is 2.35. The summed E-state index contributed by atoms with van der Waals surface area (Å²) in [6.07, 6.45) is 0.259. The number of halogens is 1. The zero-order valence-corrected chi connectivity index (χ0v) is 25.6. The fraction of sp³-hybridized carbons (Fsp3) is 0.355. The quantitative estimate of drug-likeness (QED) is 0.322. The van der Waals surface area contributed by atoms with Crippen molar-refractivity contribution in [2.75, 3.05) is 25.1 Å². The maximum absolute atomic E-state index is 14.2. The number of carbonyl (C=O) groups excluding carboxylic acids is 2. The molecular weight excluding hydrogens is 561 g/mol. The molecule has 1 N–H and O–H groups in total. The van der Waals surface area contributed by atoms with E-state index < -0.39 is 39.9 Å². The number of methoxy groups -OCH3 is 2. The van der Waals surface area contributed by atoms with Crippen LogP contribution in [-0.4, -0.2) is 57.5 Å². The maximum Gasteiger partial charge on any atom is 0.264 e. The van der Waals surface area contributed by atoms with Crippen LogP contribution in [0.3, 0.4) is 0 Å². The van der Waals surface area contributed by atoms with Crippen molar-refractivity contribution >= 4 is 27.5 Å². The third-order valence-corrected chi connectivity index (χ3v) is 8.20. The van der Waals surface area contributed by atoms with Crippen LogP contribution in [0.2, 0.25) is 0 Å². The second-order valence-corrected chi connectivity index (χ2v) is 12.5. The van der Waals surface area contributed by atoms with Crippen molar-refractivity contribution in [3.05, 3.63) is 84.2 Å². The second kappa shape index (κ2) is 13.7. The van der Waals surface area contributed by atoms with E-state index in [4.69, 9.17) is 9.47 Å². The van der Waals surface area contributed by atoms with E-state index in [2.05, 4.69) is 5.32 Å². The average Bonchev–Trinajstić information content (AvgIpc) is 2.95. The van der Waals surface area contributed by atoms with Crippen LogP contribution in [0, 0.1) is 5.82 Å². The highest BCUT2D eigenvalue weighted by atomic mass is 32.2. The molecule has 9 nitrogen and oxygen atoms in total. The largest absolute Gasteiger partial charge is 0.497 e. The Hall–Kier alpha value is -4.12. The summed E-state index contributed by atoms with van der Waals surface area (Å²) in [5.41, 5.74) is 0.155. The summed E-state index contributed by atoms with van der Waals surface area (Å²) in [4.78, 5) is 28.8. The molecule has 226 valence electrons. The number of benzene rings is 3. The van der Waals surface area contributed by atoms with Crippen LogP contribution < -0.4 is 19.1 Å². The number of carbonyl (C=O) groups is 2. The summed E-state index contributed by atoms with van der Waals surface area (Å²) in [6, 6.07) is 16.9. The van der Waals surface area contributed by atoms with E-state index in [9.17, 15) is 22.4 Å². The van der Waals surface area contributed by atoms with Crippen LogP contribution in [0.15, 0.2) is 77.7 Å². The lowest BCUT2D eigenvalue weighted by molar-refractivity contribution is -0.141. The number of rotatable bonds is 12. The third-order valence-electron chi connectivity index (χ3n) is 6.43. The van der Waals surface area contributed by atoms with Gasteiger partial charge in [-0.2, -0.15) is 0 Å². The number of para-hydroxylation sites is 2. The molecule has 3 aromatic rings. The Balaban J connectivity index is 2.11. The lowest BCUT2D eigenvalue weighted by Gasteiger charge is -2.35. The van der Waals surface area contributed by atoms with Crippen molar-refractivity contribution in [2.45, 2.75) is 57.1 Å². The average molecular weight is 600 g/mol. The molecule has 0 fully saturated rings. The van der Waals surface area contributed by atoms with Gasteiger partial charge in [-0.3, -0.25) is 13.9 Å². The monoisotopic (exact) mass is 599 g/mol. The molecule has 0 saturated heterocycles. The molecule has 3 aromatic carbocycles. The normalized spacial score (nSPS) is 12.3. The second-order valence-electron chi connectivity index (χ2n) is 10.7. The fourth-order valence-corrected chi connectivity index (χ4v) is 5.81. The van der Waals surface area contributed by atoms with Crippen LogP contribution in [0.5, 0.6) is 11.5 Å². The standard InChI is InChI=1S/C31H38FN3O6S/c1-7-26(30(37)33-31(2,3)4)34(20-22-12-14-23(32)15-13-22)29(36)21-35(27-10-8-9-11-28(27)41-6)42(38,39)25-18-16-24(40-5)17-19-25/h8-19,26H,7,20-21H2,1-6H3,(H,33,37)/t26-/m1/s1. The van der Waals surface area contributed by atoms with Gasteiger partial charge in [0, 0.05) is 12.1 Å². The predicted octanol–water partition coefficient (Wildman–Crippen LogP) is 4.76. The summed E-state index contributed by atoms with van der Waals surface area (Å²) in [5.74, 6) is -0.748. The molecule has 0 radical (unpaired) electrons. The highest BCUT2D eigenvalue weighted by Crippen LogP contribution is 2.33. The Labute approximate surface area is 247 Å². The highest BCUT2D eigenvalue weighted by molar-refractivity contribution is 7.92. The van der Waals surface area contributed by atoms with Crippen LogP contribution >= 0.6 is 0 Å². The first-order valence-corrected chi connectivity index (χ1v) is 14.9. The van der Waals surface area contributed by atoms with Crippen molar-refractivity contribution in [3.8, 4) is 11.5 Å². The van der Waals surface area contributed by atoms with E-state index in [1.54, 1.807) is 31.2 Å². The van der Waals surface area contributed by atoms with Gasteiger partial charge in [-0.25, -0.2) is 12.8 Å². The molecule has 0 aliphatic carbocycles. The van der Waals surface area contributed by atoms with Crippen molar-refractivity contribution in [3.63, 3.8) is 0 Å². The van der Waals surface area contributed by atoms with Crippen molar-refractivity contribution in [1.29, 1.82) is 0 Å². The summed E-state index contributed by atoms with van der Waals surface area (Å²) >= 11 is 0. The molecule has 0 heterocycles. The van der Waals surface area contributed by atoms with E-state index in [0.29, 0.717) is 11.3 Å². The molecule has 0 aromatic heterocycles. The molecular formula is C31H38FN3O6S. The summed E-state index contributed by atoms with van der Waals surface area (Å²) in [6.45, 7) is 6.58. The van der Waals surface area contributed by atoms with Gasteiger partial charge in [0.15, 0.2) is 0 Å². The zero-order chi connectivity index (χ0) is 31.1. The first kappa shape index (κ1) is 32.4. The number of nitrogens with one attached hydrogen (secondary N) is 1. The zero-order valence-electron chi connectivity index (χ0n) is 24.8. The number of hydrogen-bond donors (Lipinski definition) is 1. The van der Waals surface area contributed by atoms with Gasteiger partial charge in [0.05, 0.1) is 24.8 Å². The molecule has 0 saturated carbocycles. The van der Waals surface area contributed by atoms with Gasteiger partial charge < -0.3 is 19.7 Å². The number of hydrogen-bond acceptors (Lipinski definition) is 6. The van der Waals surface area contributed by atoms with Crippen LogP contribution in [0.4, 0.5) is 10.1 Å². The smallest absolute Gasteiger partial charge is 0.264 e. The van der Waals surface area contributed by atoms with Gasteiger partial charge in [-0.05, 0) is 81.3 Å². The number of nitrogens with zero attached hydrogens (tertiary/aromatic N) is 2. The van der Waals surface area contributed by atoms with Crippen molar-refractivity contribution < 1.29 is 31.9 Å². The van der Waals surface area contributed by atoms with Gasteiger partial charge in [-0.15, -0.1) is 0 Å². The first-order chi connectivity index (χ1) is 19.8. The maximum atomic E-state index is 14.2. The minimum atomic E-state index is -4.30. The Morgan fingerprint density at radius 1 is 0.929 bits per heavy atom. The van der Waals surface area contributed by atoms with Gasteiger partial charge in [-0.1, -0.05) is 31.2 Å². The van der Waals surface area contributed by atoms with Crippen LogP contribution in [0.1, 0.15) is 39.7 Å². The molecule has 0 aliphatic heterocycles. The Bertz CT molecular complexity index is 1470. The third kappa shape index (κ3) is 8.00. The number of ether oxygens (including phenoxy) is 2. The van der Waals surface area contributed by atoms with E-state index in [1.165, 1.54) is 67.7 Å². The Kier molecular flexibility index (Phi) is 10.6. The van der Waals surface area contributed by atoms with Crippen molar-refractivity contribution in [2.24, 2.45) is 0 Å².